The van der Waals surface area contributed by atoms with E-state index in [0.29, 0.717) is 25.7 Å². The first-order valence-corrected chi connectivity index (χ1v) is 6.12. The van der Waals surface area contributed by atoms with Gasteiger partial charge in [0.05, 0.1) is 6.54 Å². The second-order valence-electron chi connectivity index (χ2n) is 4.47. The Morgan fingerprint density at radius 2 is 2.12 bits per heavy atom. The number of hydrogen-bond donors (Lipinski definition) is 1. The molecule has 1 aliphatic rings. The van der Waals surface area contributed by atoms with E-state index in [2.05, 4.69) is 30.3 Å². The average molecular weight is 237 g/mol. The highest BCUT2D eigenvalue weighted by molar-refractivity contribution is 5.78. The summed E-state index contributed by atoms with van der Waals surface area (Å²) in [6.07, 6.45) is 3.50. The summed E-state index contributed by atoms with van der Waals surface area (Å²) >= 11 is 0. The Morgan fingerprint density at radius 1 is 1.47 bits per heavy atom. The van der Waals surface area contributed by atoms with Crippen LogP contribution in [-0.4, -0.2) is 61.0 Å². The van der Waals surface area contributed by atoms with E-state index in [0.717, 1.165) is 19.6 Å². The van der Waals surface area contributed by atoms with Crippen LogP contribution in [-0.2, 0) is 4.79 Å². The van der Waals surface area contributed by atoms with Gasteiger partial charge in [0.25, 0.3) is 0 Å². The van der Waals surface area contributed by atoms with Gasteiger partial charge in [0, 0.05) is 38.8 Å². The minimum Gasteiger partial charge on any atom is -0.334 e. The van der Waals surface area contributed by atoms with Crippen molar-refractivity contribution in [1.29, 1.82) is 0 Å². The minimum absolute atomic E-state index is 0.152. The van der Waals surface area contributed by atoms with Gasteiger partial charge in [0.15, 0.2) is 0 Å². The van der Waals surface area contributed by atoms with Crippen LogP contribution in [0.5, 0.6) is 0 Å². The van der Waals surface area contributed by atoms with Crippen LogP contribution in [0.4, 0.5) is 0 Å². The highest BCUT2D eigenvalue weighted by atomic mass is 16.2. The third kappa shape index (κ3) is 4.71. The summed E-state index contributed by atoms with van der Waals surface area (Å²) in [6, 6.07) is 0.462. The number of rotatable bonds is 6. The first kappa shape index (κ1) is 13.9. The third-order valence-electron chi connectivity index (χ3n) is 2.86. The molecule has 1 atom stereocenters. The van der Waals surface area contributed by atoms with Gasteiger partial charge in [-0.3, -0.25) is 9.69 Å². The van der Waals surface area contributed by atoms with E-state index in [-0.39, 0.29) is 5.91 Å². The molecule has 4 heteroatoms. The summed E-state index contributed by atoms with van der Waals surface area (Å²) in [6.45, 7) is 14.0. The Labute approximate surface area is 104 Å². The molecule has 0 aromatic carbocycles. The smallest absolute Gasteiger partial charge is 0.237 e. The molecule has 1 fully saturated rings. The number of hydrogen-bond acceptors (Lipinski definition) is 3. The van der Waals surface area contributed by atoms with Crippen molar-refractivity contribution in [3.8, 4) is 0 Å². The molecule has 17 heavy (non-hydrogen) atoms. The van der Waals surface area contributed by atoms with Crippen LogP contribution in [0.25, 0.3) is 0 Å². The summed E-state index contributed by atoms with van der Waals surface area (Å²) < 4.78 is 0. The summed E-state index contributed by atoms with van der Waals surface area (Å²) in [4.78, 5) is 16.0. The number of carbonyl (C=O) groups is 1. The molecule has 1 N–H and O–H groups in total. The Kier molecular flexibility index (Phi) is 5.94. The van der Waals surface area contributed by atoms with E-state index in [1.807, 2.05) is 0 Å². The monoisotopic (exact) mass is 237 g/mol. The van der Waals surface area contributed by atoms with Crippen LogP contribution in [0.1, 0.15) is 6.92 Å². The van der Waals surface area contributed by atoms with Gasteiger partial charge in [-0.15, -0.1) is 13.2 Å². The zero-order valence-corrected chi connectivity index (χ0v) is 10.7. The molecular weight excluding hydrogens is 214 g/mol. The standard InChI is InChI=1S/C13H23N3O/c1-4-7-16(8-5-2)13(17)11-15-9-6-14-12(3)10-15/h4-5,12,14H,1-2,6-11H2,3H3/t12-/m1/s1. The number of nitrogens with one attached hydrogen (secondary N) is 1. The number of piperazine rings is 1. The van der Waals surface area contributed by atoms with Crippen molar-refractivity contribution in [2.24, 2.45) is 0 Å². The quantitative estimate of drug-likeness (QED) is 0.683. The molecule has 0 aliphatic carbocycles. The predicted molar refractivity (Wildman–Crippen MR) is 70.9 cm³/mol. The fraction of sp³-hybridized carbons (Fsp3) is 0.615. The van der Waals surface area contributed by atoms with Crippen molar-refractivity contribution in [1.82, 2.24) is 15.1 Å². The van der Waals surface area contributed by atoms with Gasteiger partial charge in [0.2, 0.25) is 5.91 Å². The molecule has 1 aliphatic heterocycles. The normalized spacial score (nSPS) is 20.9. The van der Waals surface area contributed by atoms with E-state index in [9.17, 15) is 4.79 Å². The molecule has 0 saturated carbocycles. The van der Waals surface area contributed by atoms with E-state index in [4.69, 9.17) is 0 Å². The maximum Gasteiger partial charge on any atom is 0.237 e. The van der Waals surface area contributed by atoms with Gasteiger partial charge in [0.1, 0.15) is 0 Å². The molecule has 1 saturated heterocycles. The molecule has 4 nitrogen and oxygen atoms in total. The van der Waals surface area contributed by atoms with Crippen molar-refractivity contribution in [3.05, 3.63) is 25.3 Å². The van der Waals surface area contributed by atoms with Gasteiger partial charge in [-0.25, -0.2) is 0 Å². The summed E-state index contributed by atoms with van der Waals surface area (Å²) in [7, 11) is 0. The van der Waals surface area contributed by atoms with Gasteiger partial charge in [-0.1, -0.05) is 12.2 Å². The van der Waals surface area contributed by atoms with Crippen molar-refractivity contribution in [3.63, 3.8) is 0 Å². The molecule has 1 heterocycles. The SMILES string of the molecule is C=CCN(CC=C)C(=O)CN1CCN[C@H](C)C1. The molecule has 0 aromatic heterocycles. The van der Waals surface area contributed by atoms with E-state index >= 15 is 0 Å². The Morgan fingerprint density at radius 3 is 2.65 bits per heavy atom. The number of nitrogens with zero attached hydrogens (tertiary/aromatic N) is 2. The first-order chi connectivity index (χ1) is 8.17. The number of amides is 1. The molecular formula is C13H23N3O. The fourth-order valence-corrected chi connectivity index (χ4v) is 2.04. The largest absolute Gasteiger partial charge is 0.334 e. The summed E-state index contributed by atoms with van der Waals surface area (Å²) in [5.74, 6) is 0.152. The second-order valence-corrected chi connectivity index (χ2v) is 4.47. The van der Waals surface area contributed by atoms with Crippen LogP contribution >= 0.6 is 0 Å². The van der Waals surface area contributed by atoms with Crippen LogP contribution in [0.3, 0.4) is 0 Å². The molecule has 1 rings (SSSR count). The topological polar surface area (TPSA) is 35.6 Å². The lowest BCUT2D eigenvalue weighted by atomic mass is 10.2. The van der Waals surface area contributed by atoms with Crippen molar-refractivity contribution < 1.29 is 4.79 Å². The van der Waals surface area contributed by atoms with E-state index in [1.54, 1.807) is 17.1 Å². The lowest BCUT2D eigenvalue weighted by Gasteiger charge is -2.32. The van der Waals surface area contributed by atoms with Gasteiger partial charge in [-0.05, 0) is 6.92 Å². The third-order valence-corrected chi connectivity index (χ3v) is 2.86. The molecule has 0 radical (unpaired) electrons. The molecule has 1 amide bonds. The van der Waals surface area contributed by atoms with Crippen molar-refractivity contribution in [2.45, 2.75) is 13.0 Å². The molecule has 0 aromatic rings. The van der Waals surface area contributed by atoms with Crippen LogP contribution in [0.2, 0.25) is 0 Å². The molecule has 0 bridgehead atoms. The maximum absolute atomic E-state index is 12.1. The van der Waals surface area contributed by atoms with Gasteiger partial charge >= 0.3 is 0 Å². The Balaban J connectivity index is 2.44. The van der Waals surface area contributed by atoms with Gasteiger partial charge < -0.3 is 10.2 Å². The van der Waals surface area contributed by atoms with Gasteiger partial charge in [-0.2, -0.15) is 0 Å². The van der Waals surface area contributed by atoms with Crippen LogP contribution < -0.4 is 5.32 Å². The lowest BCUT2D eigenvalue weighted by molar-refractivity contribution is -0.131. The lowest BCUT2D eigenvalue weighted by Crippen LogP contribution is -2.52. The highest BCUT2D eigenvalue weighted by Crippen LogP contribution is 2.00. The molecule has 96 valence electrons. The zero-order valence-electron chi connectivity index (χ0n) is 10.7. The summed E-state index contributed by atoms with van der Waals surface area (Å²) in [5, 5.41) is 3.37. The Bertz CT molecular complexity index is 268. The number of carbonyl (C=O) groups excluding carboxylic acids is 1. The highest BCUT2D eigenvalue weighted by Gasteiger charge is 2.20. The minimum atomic E-state index is 0.152. The summed E-state index contributed by atoms with van der Waals surface area (Å²) in [5.41, 5.74) is 0. The molecule has 0 spiro atoms. The Hall–Kier alpha value is -1.13. The van der Waals surface area contributed by atoms with E-state index < -0.39 is 0 Å². The predicted octanol–water partition coefficient (Wildman–Crippen LogP) is 0.481. The zero-order chi connectivity index (χ0) is 12.7. The van der Waals surface area contributed by atoms with Crippen LogP contribution in [0, 0.1) is 0 Å². The second kappa shape index (κ2) is 7.25. The average Bonchev–Trinajstić information content (AvgIpc) is 2.28. The fourth-order valence-electron chi connectivity index (χ4n) is 2.04. The molecule has 0 unspecified atom stereocenters. The van der Waals surface area contributed by atoms with Crippen molar-refractivity contribution >= 4 is 5.91 Å². The van der Waals surface area contributed by atoms with E-state index in [1.165, 1.54) is 0 Å². The maximum atomic E-state index is 12.1. The van der Waals surface area contributed by atoms with Crippen molar-refractivity contribution in [2.75, 3.05) is 39.3 Å². The first-order valence-electron chi connectivity index (χ1n) is 6.12. The van der Waals surface area contributed by atoms with Crippen LogP contribution in [0.15, 0.2) is 25.3 Å².